The molecule has 178 valence electrons. The molecule has 4 rings (SSSR count). The predicted molar refractivity (Wildman–Crippen MR) is 124 cm³/mol. The van der Waals surface area contributed by atoms with E-state index in [1.165, 1.54) is 4.90 Å². The van der Waals surface area contributed by atoms with E-state index in [1.807, 2.05) is 23.9 Å². The van der Waals surface area contributed by atoms with Crippen LogP contribution in [0.1, 0.15) is 52.4 Å². The summed E-state index contributed by atoms with van der Waals surface area (Å²) in [7, 11) is 3.90. The van der Waals surface area contributed by atoms with Crippen molar-refractivity contribution < 1.29 is 14.4 Å². The van der Waals surface area contributed by atoms with Crippen LogP contribution in [0.2, 0.25) is 0 Å². The number of nitrogens with one attached hydrogen (secondary N) is 1. The van der Waals surface area contributed by atoms with Crippen molar-refractivity contribution in [3.05, 3.63) is 12.2 Å². The molecule has 1 unspecified atom stereocenters. The normalized spacial score (nSPS) is 32.6. The van der Waals surface area contributed by atoms with Gasteiger partial charge in [-0.1, -0.05) is 26.0 Å². The Labute approximate surface area is 192 Å². The minimum Gasteiger partial charge on any atom is -0.342 e. The topological polar surface area (TPSA) is 73.0 Å². The number of urea groups is 1. The largest absolute Gasteiger partial charge is 0.342 e. The first-order valence-electron chi connectivity index (χ1n) is 12.5. The quantitative estimate of drug-likeness (QED) is 0.462. The van der Waals surface area contributed by atoms with Crippen LogP contribution in [0.5, 0.6) is 0 Å². The van der Waals surface area contributed by atoms with Gasteiger partial charge in [-0.2, -0.15) is 0 Å². The van der Waals surface area contributed by atoms with E-state index in [-0.39, 0.29) is 23.8 Å². The molecule has 1 N–H and O–H groups in total. The van der Waals surface area contributed by atoms with Crippen LogP contribution in [0, 0.1) is 29.6 Å². The second-order valence-corrected chi connectivity index (χ2v) is 11.1. The fourth-order valence-corrected chi connectivity index (χ4v) is 6.21. The third-order valence-electron chi connectivity index (χ3n) is 8.19. The van der Waals surface area contributed by atoms with E-state index in [1.54, 1.807) is 0 Å². The molecule has 4 atom stereocenters. The highest BCUT2D eigenvalue weighted by molar-refractivity contribution is 6.07. The maximum Gasteiger partial charge on any atom is 0.325 e. The number of nitrogens with zero attached hydrogens (tertiary/aromatic N) is 3. The van der Waals surface area contributed by atoms with E-state index in [0.29, 0.717) is 56.3 Å². The van der Waals surface area contributed by atoms with Gasteiger partial charge in [0, 0.05) is 32.1 Å². The summed E-state index contributed by atoms with van der Waals surface area (Å²) in [5, 5.41) is 3.14. The highest BCUT2D eigenvalue weighted by atomic mass is 16.2. The lowest BCUT2D eigenvalue weighted by Crippen LogP contribution is -2.57. The van der Waals surface area contributed by atoms with Crippen LogP contribution in [0.25, 0.3) is 0 Å². The molecule has 4 aliphatic rings. The van der Waals surface area contributed by atoms with Gasteiger partial charge in [0.15, 0.2) is 0 Å². The van der Waals surface area contributed by atoms with E-state index in [4.69, 9.17) is 0 Å². The molecule has 7 heteroatoms. The molecule has 2 aliphatic heterocycles. The van der Waals surface area contributed by atoms with E-state index in [9.17, 15) is 14.4 Å². The number of hydrogen-bond donors (Lipinski definition) is 1. The fraction of sp³-hybridized carbons (Fsp3) is 0.800. The number of carbonyl (C=O) groups is 3. The molecular weight excluding hydrogens is 404 g/mol. The SMILES string of the molecule is CC(C)CCC1(C2CCN(C(=O)[C@H]3C[C@@H]4C=C[C@H]3C4)CC2)NC(=O)N(CCN(C)C)C1=O. The number of hydrogen-bond acceptors (Lipinski definition) is 4. The summed E-state index contributed by atoms with van der Waals surface area (Å²) in [6, 6.07) is -0.257. The van der Waals surface area contributed by atoms with Gasteiger partial charge < -0.3 is 15.1 Å². The molecule has 0 aromatic heterocycles. The Bertz CT molecular complexity index is 771. The van der Waals surface area contributed by atoms with Crippen molar-refractivity contribution >= 4 is 17.8 Å². The number of likely N-dealkylation sites (N-methyl/N-ethyl adjacent to an activating group) is 1. The molecule has 4 amide bonds. The zero-order valence-electron chi connectivity index (χ0n) is 20.2. The van der Waals surface area contributed by atoms with Crippen molar-refractivity contribution in [2.45, 2.75) is 57.9 Å². The Morgan fingerprint density at radius 3 is 2.47 bits per heavy atom. The summed E-state index contributed by atoms with van der Waals surface area (Å²) >= 11 is 0. The lowest BCUT2D eigenvalue weighted by atomic mass is 9.73. The highest BCUT2D eigenvalue weighted by Gasteiger charge is 2.55. The maximum atomic E-state index is 13.6. The molecule has 7 nitrogen and oxygen atoms in total. The average Bonchev–Trinajstić information content (AvgIpc) is 3.45. The van der Waals surface area contributed by atoms with Gasteiger partial charge in [-0.15, -0.1) is 0 Å². The molecule has 32 heavy (non-hydrogen) atoms. The molecule has 2 bridgehead atoms. The van der Waals surface area contributed by atoms with Gasteiger partial charge in [0.2, 0.25) is 5.91 Å². The van der Waals surface area contributed by atoms with Crippen molar-refractivity contribution in [3.8, 4) is 0 Å². The second-order valence-electron chi connectivity index (χ2n) is 11.1. The highest BCUT2D eigenvalue weighted by Crippen LogP contribution is 2.45. The lowest BCUT2D eigenvalue weighted by molar-refractivity contribution is -0.139. The second kappa shape index (κ2) is 9.16. The van der Waals surface area contributed by atoms with E-state index < -0.39 is 5.54 Å². The van der Waals surface area contributed by atoms with Gasteiger partial charge in [0.1, 0.15) is 5.54 Å². The molecular formula is C25H40N4O3. The summed E-state index contributed by atoms with van der Waals surface area (Å²) in [6.45, 7) is 6.75. The summed E-state index contributed by atoms with van der Waals surface area (Å²) in [5.41, 5.74) is -0.821. The number of allylic oxidation sites excluding steroid dienone is 2. The van der Waals surface area contributed by atoms with Crippen LogP contribution in [0.4, 0.5) is 4.79 Å². The fourth-order valence-electron chi connectivity index (χ4n) is 6.21. The van der Waals surface area contributed by atoms with Crippen LogP contribution in [0.15, 0.2) is 12.2 Å². The third-order valence-corrected chi connectivity index (χ3v) is 8.19. The van der Waals surface area contributed by atoms with Gasteiger partial charge in [0.05, 0.1) is 0 Å². The Morgan fingerprint density at radius 2 is 1.91 bits per heavy atom. The summed E-state index contributed by atoms with van der Waals surface area (Å²) in [5.74, 6) is 1.92. The van der Waals surface area contributed by atoms with Gasteiger partial charge in [-0.05, 0) is 76.3 Å². The van der Waals surface area contributed by atoms with Crippen molar-refractivity contribution in [2.24, 2.45) is 29.6 Å². The van der Waals surface area contributed by atoms with Crippen LogP contribution in [-0.2, 0) is 9.59 Å². The number of piperidine rings is 1. The Hall–Kier alpha value is -1.89. The van der Waals surface area contributed by atoms with Crippen molar-refractivity contribution in [1.29, 1.82) is 0 Å². The van der Waals surface area contributed by atoms with Gasteiger partial charge in [0.25, 0.3) is 5.91 Å². The van der Waals surface area contributed by atoms with Gasteiger partial charge >= 0.3 is 6.03 Å². The number of imide groups is 1. The molecule has 3 fully saturated rings. The first kappa shape index (κ1) is 23.3. The lowest BCUT2D eigenvalue weighted by Gasteiger charge is -2.42. The van der Waals surface area contributed by atoms with E-state index in [0.717, 1.165) is 32.1 Å². The van der Waals surface area contributed by atoms with Crippen LogP contribution in [0.3, 0.4) is 0 Å². The number of amides is 4. The van der Waals surface area contributed by atoms with Gasteiger partial charge in [-0.25, -0.2) is 4.79 Å². The van der Waals surface area contributed by atoms with Crippen molar-refractivity contribution in [2.75, 3.05) is 40.3 Å². The van der Waals surface area contributed by atoms with E-state index in [2.05, 4.69) is 31.3 Å². The number of rotatable bonds is 8. The van der Waals surface area contributed by atoms with Gasteiger partial charge in [-0.3, -0.25) is 14.5 Å². The van der Waals surface area contributed by atoms with Crippen LogP contribution >= 0.6 is 0 Å². The molecule has 0 aromatic carbocycles. The first-order chi connectivity index (χ1) is 15.2. The first-order valence-corrected chi connectivity index (χ1v) is 12.5. The van der Waals surface area contributed by atoms with Crippen LogP contribution in [-0.4, -0.2) is 78.4 Å². The minimum absolute atomic E-state index is 0.0620. The number of likely N-dealkylation sites (tertiary alicyclic amines) is 1. The average molecular weight is 445 g/mol. The standard InChI is InChI=1S/C25H40N4O3/c1-17(2)7-10-25(23(31)29(24(32)26-25)14-13-27(3)4)20-8-11-28(12-9-20)22(30)21-16-18-5-6-19(21)15-18/h5-6,17-21H,7-16H2,1-4H3,(H,26,32)/t18-,19+,21+,25?/m1/s1. The molecule has 0 radical (unpaired) electrons. The maximum absolute atomic E-state index is 13.6. The third kappa shape index (κ3) is 4.33. The summed E-state index contributed by atoms with van der Waals surface area (Å²) < 4.78 is 0. The molecule has 0 spiro atoms. The molecule has 2 heterocycles. The Balaban J connectivity index is 1.44. The number of carbonyl (C=O) groups excluding carboxylic acids is 3. The molecule has 2 saturated heterocycles. The van der Waals surface area contributed by atoms with E-state index >= 15 is 0 Å². The minimum atomic E-state index is -0.821. The van der Waals surface area contributed by atoms with Crippen molar-refractivity contribution in [3.63, 3.8) is 0 Å². The molecule has 2 aliphatic carbocycles. The zero-order valence-corrected chi connectivity index (χ0v) is 20.2. The Kier molecular flexibility index (Phi) is 6.66. The van der Waals surface area contributed by atoms with Crippen LogP contribution < -0.4 is 5.32 Å². The summed E-state index contributed by atoms with van der Waals surface area (Å²) in [6.07, 6.45) is 9.74. The van der Waals surface area contributed by atoms with Crippen molar-refractivity contribution in [1.82, 2.24) is 20.0 Å². The Morgan fingerprint density at radius 1 is 1.19 bits per heavy atom. The zero-order chi connectivity index (χ0) is 23.0. The predicted octanol–water partition coefficient (Wildman–Crippen LogP) is 2.73. The molecule has 1 saturated carbocycles. The summed E-state index contributed by atoms with van der Waals surface area (Å²) in [4.78, 5) is 45.0. The number of fused-ring (bicyclic) bond motifs is 2. The molecule has 0 aromatic rings. The smallest absolute Gasteiger partial charge is 0.325 e. The monoisotopic (exact) mass is 444 g/mol.